The second kappa shape index (κ2) is 5.13. The molecule has 102 valence electrons. The van der Waals surface area contributed by atoms with Crippen LogP contribution in [0.2, 0.25) is 0 Å². The molecule has 1 aliphatic rings. The van der Waals surface area contributed by atoms with Gasteiger partial charge in [-0.15, -0.1) is 0 Å². The first-order valence-electron chi connectivity index (χ1n) is 6.00. The fraction of sp³-hybridized carbons (Fsp3) is 0.417. The normalized spacial score (nSPS) is 17.1. The summed E-state index contributed by atoms with van der Waals surface area (Å²) in [5, 5.41) is 13.9. The zero-order valence-electron chi connectivity index (χ0n) is 10.9. The van der Waals surface area contributed by atoms with E-state index in [2.05, 4.69) is 35.0 Å². The van der Waals surface area contributed by atoms with E-state index in [1.165, 1.54) is 24.5 Å². The van der Waals surface area contributed by atoms with Crippen LogP contribution in [-0.2, 0) is 0 Å². The Labute approximate surface area is 111 Å². The number of hydrazine groups is 1. The van der Waals surface area contributed by atoms with E-state index < -0.39 is 0 Å². The van der Waals surface area contributed by atoms with E-state index in [9.17, 15) is 10.0 Å². The van der Waals surface area contributed by atoms with Gasteiger partial charge >= 0.3 is 0 Å². The maximum atomic E-state index is 11.8. The fourth-order valence-corrected chi connectivity index (χ4v) is 1.56. The van der Waals surface area contributed by atoms with Gasteiger partial charge in [-0.2, -0.15) is 4.73 Å². The van der Waals surface area contributed by atoms with Crippen molar-refractivity contribution in [2.45, 2.75) is 13.8 Å². The Morgan fingerprint density at radius 3 is 2.74 bits per heavy atom. The molecule has 1 aliphatic heterocycles. The number of hydrogen-bond donors (Lipinski definition) is 3. The third-order valence-corrected chi connectivity index (χ3v) is 2.76. The lowest BCUT2D eigenvalue weighted by Crippen LogP contribution is -2.53. The first-order chi connectivity index (χ1) is 8.96. The van der Waals surface area contributed by atoms with Crippen LogP contribution in [0.25, 0.3) is 0 Å². The Morgan fingerprint density at radius 2 is 2.16 bits per heavy atom. The van der Waals surface area contributed by atoms with E-state index in [0.717, 1.165) is 6.54 Å². The van der Waals surface area contributed by atoms with Crippen LogP contribution < -0.4 is 20.9 Å². The summed E-state index contributed by atoms with van der Waals surface area (Å²) in [5.41, 5.74) is 5.77. The summed E-state index contributed by atoms with van der Waals surface area (Å²) >= 11 is 0. The van der Waals surface area contributed by atoms with Crippen molar-refractivity contribution in [1.82, 2.24) is 16.2 Å². The third kappa shape index (κ3) is 3.57. The number of hydrogen-bond acceptors (Lipinski definition) is 5. The predicted molar refractivity (Wildman–Crippen MR) is 70.1 cm³/mol. The quantitative estimate of drug-likeness (QED) is 0.363. The van der Waals surface area contributed by atoms with Gasteiger partial charge in [-0.05, 0) is 0 Å². The van der Waals surface area contributed by atoms with Crippen LogP contribution in [0.3, 0.4) is 0 Å². The monoisotopic (exact) mass is 263 g/mol. The summed E-state index contributed by atoms with van der Waals surface area (Å²) in [5.74, 6) is 0.220. The maximum Gasteiger partial charge on any atom is 0.270 e. The van der Waals surface area contributed by atoms with Crippen molar-refractivity contribution in [3.8, 4) is 0 Å². The van der Waals surface area contributed by atoms with Crippen molar-refractivity contribution in [3.63, 3.8) is 0 Å². The average Bonchev–Trinajstić information content (AvgIpc) is 2.38. The molecule has 1 aromatic rings. The van der Waals surface area contributed by atoms with Gasteiger partial charge in [0.05, 0.1) is 5.56 Å². The van der Waals surface area contributed by atoms with Crippen LogP contribution in [0.15, 0.2) is 29.5 Å². The molecule has 7 nitrogen and oxygen atoms in total. The fourth-order valence-electron chi connectivity index (χ4n) is 1.56. The molecular formula is C12H17N5O2. The number of pyridine rings is 1. The van der Waals surface area contributed by atoms with E-state index in [0.29, 0.717) is 22.8 Å². The summed E-state index contributed by atoms with van der Waals surface area (Å²) in [6.45, 7) is 5.71. The van der Waals surface area contributed by atoms with Gasteiger partial charge in [0.2, 0.25) is 5.96 Å². The highest BCUT2D eigenvalue weighted by Gasteiger charge is 2.22. The van der Waals surface area contributed by atoms with Gasteiger partial charge in [0.25, 0.3) is 5.91 Å². The van der Waals surface area contributed by atoms with Gasteiger partial charge in [0, 0.05) is 30.6 Å². The van der Waals surface area contributed by atoms with Gasteiger partial charge in [0.15, 0.2) is 12.4 Å². The second-order valence-electron chi connectivity index (χ2n) is 5.21. The minimum absolute atomic E-state index is 0.121. The standard InChI is InChI=1S/C12H17N5O2/c1-12(2)7-13-11(14-8-12)16-15-10(18)9-3-5-17(19)6-4-9/h3-6H,7-8H2,1-2H3,(H,15,18)(H2,13,14,16). The lowest BCUT2D eigenvalue weighted by Gasteiger charge is -2.29. The molecule has 7 heteroatoms. The van der Waals surface area contributed by atoms with Gasteiger partial charge in [0.1, 0.15) is 0 Å². The molecule has 0 radical (unpaired) electrons. The van der Waals surface area contributed by atoms with Crippen LogP contribution in [0, 0.1) is 10.6 Å². The maximum absolute atomic E-state index is 11.8. The van der Waals surface area contributed by atoms with E-state index in [1.807, 2.05) is 0 Å². The average molecular weight is 263 g/mol. The molecule has 3 N–H and O–H groups in total. The van der Waals surface area contributed by atoms with Crippen molar-refractivity contribution in [2.24, 2.45) is 10.4 Å². The summed E-state index contributed by atoms with van der Waals surface area (Å²) in [4.78, 5) is 16.0. The number of amides is 1. The Bertz CT molecular complexity index is 495. The molecule has 0 fully saturated rings. The number of nitrogens with zero attached hydrogens (tertiary/aromatic N) is 2. The van der Waals surface area contributed by atoms with Crippen LogP contribution >= 0.6 is 0 Å². The Kier molecular flexibility index (Phi) is 3.55. The van der Waals surface area contributed by atoms with Gasteiger partial charge in [-0.1, -0.05) is 13.8 Å². The highest BCUT2D eigenvalue weighted by molar-refractivity contribution is 5.95. The zero-order chi connectivity index (χ0) is 13.9. The molecule has 1 aromatic heterocycles. The predicted octanol–water partition coefficient (Wildman–Crippen LogP) is -0.460. The van der Waals surface area contributed by atoms with Crippen LogP contribution in [0.5, 0.6) is 0 Å². The van der Waals surface area contributed by atoms with E-state index in [4.69, 9.17) is 0 Å². The molecule has 0 spiro atoms. The Hall–Kier alpha value is -2.31. The molecular weight excluding hydrogens is 246 g/mol. The molecule has 0 aliphatic carbocycles. The summed E-state index contributed by atoms with van der Waals surface area (Å²) in [7, 11) is 0. The number of guanidine groups is 1. The topological polar surface area (TPSA) is 92.5 Å². The van der Waals surface area contributed by atoms with Crippen LogP contribution in [0.1, 0.15) is 24.2 Å². The van der Waals surface area contributed by atoms with E-state index in [-0.39, 0.29) is 11.3 Å². The Morgan fingerprint density at radius 1 is 1.47 bits per heavy atom. The van der Waals surface area contributed by atoms with Crippen molar-refractivity contribution >= 4 is 11.9 Å². The summed E-state index contributed by atoms with van der Waals surface area (Å²) in [6, 6.07) is 2.90. The molecule has 0 saturated heterocycles. The van der Waals surface area contributed by atoms with E-state index >= 15 is 0 Å². The third-order valence-electron chi connectivity index (χ3n) is 2.76. The van der Waals surface area contributed by atoms with Crippen molar-refractivity contribution < 1.29 is 9.52 Å². The molecule has 0 aromatic carbocycles. The molecule has 1 amide bonds. The second-order valence-corrected chi connectivity index (χ2v) is 5.21. The van der Waals surface area contributed by atoms with Gasteiger partial charge < -0.3 is 10.5 Å². The van der Waals surface area contributed by atoms with Crippen molar-refractivity contribution in [2.75, 3.05) is 13.1 Å². The molecule has 19 heavy (non-hydrogen) atoms. The first kappa shape index (κ1) is 13.1. The SMILES string of the molecule is CC1(C)CN=C(NNC(=O)c2cc[n+]([O-])cc2)NC1. The molecule has 0 saturated carbocycles. The zero-order valence-corrected chi connectivity index (χ0v) is 10.9. The highest BCUT2D eigenvalue weighted by Crippen LogP contribution is 2.15. The number of rotatable bonds is 1. The minimum atomic E-state index is -0.324. The number of aromatic nitrogens is 1. The van der Waals surface area contributed by atoms with Gasteiger partial charge in [-0.25, -0.2) is 0 Å². The van der Waals surface area contributed by atoms with Crippen LogP contribution in [0.4, 0.5) is 0 Å². The number of carbonyl (C=O) groups is 1. The largest absolute Gasteiger partial charge is 0.619 e. The van der Waals surface area contributed by atoms with Crippen molar-refractivity contribution in [3.05, 3.63) is 35.3 Å². The number of nitrogens with one attached hydrogen (secondary N) is 3. The molecule has 2 heterocycles. The Balaban J connectivity index is 1.88. The molecule has 2 rings (SSSR count). The smallest absolute Gasteiger partial charge is 0.270 e. The van der Waals surface area contributed by atoms with Crippen LogP contribution in [-0.4, -0.2) is 25.0 Å². The molecule has 0 atom stereocenters. The summed E-state index contributed by atoms with van der Waals surface area (Å²) < 4.78 is 0.624. The van der Waals surface area contributed by atoms with Gasteiger partial charge in [-0.3, -0.25) is 20.6 Å². The highest BCUT2D eigenvalue weighted by atomic mass is 16.5. The summed E-state index contributed by atoms with van der Waals surface area (Å²) in [6.07, 6.45) is 2.54. The molecule has 0 unspecified atom stereocenters. The number of aliphatic imine (C=N–C) groups is 1. The minimum Gasteiger partial charge on any atom is -0.619 e. The molecule has 0 bridgehead atoms. The lowest BCUT2D eigenvalue weighted by atomic mass is 9.93. The van der Waals surface area contributed by atoms with Crippen molar-refractivity contribution in [1.29, 1.82) is 0 Å². The number of carbonyl (C=O) groups excluding carboxylic acids is 1. The first-order valence-corrected chi connectivity index (χ1v) is 6.00. The lowest BCUT2D eigenvalue weighted by molar-refractivity contribution is -0.605. The van der Waals surface area contributed by atoms with E-state index in [1.54, 1.807) is 0 Å².